The van der Waals surface area contributed by atoms with Crippen molar-refractivity contribution in [1.29, 1.82) is 0 Å². The van der Waals surface area contributed by atoms with Gasteiger partial charge in [-0.15, -0.1) is 0 Å². The van der Waals surface area contributed by atoms with Crippen LogP contribution in [0, 0.1) is 19.8 Å². The molecule has 2 heterocycles. The molecule has 0 bridgehead atoms. The van der Waals surface area contributed by atoms with Crippen LogP contribution < -0.4 is 0 Å². The van der Waals surface area contributed by atoms with Gasteiger partial charge in [-0.1, -0.05) is 44.0 Å². The Bertz CT molecular complexity index is 751. The number of amides is 2. The van der Waals surface area contributed by atoms with Gasteiger partial charge in [0.2, 0.25) is 0 Å². The zero-order valence-corrected chi connectivity index (χ0v) is 16.5. The average Bonchev–Trinajstić information content (AvgIpc) is 2.84. The molecule has 140 valence electrons. The minimum atomic E-state index is -0.122. The Hall–Kier alpha value is -2.10. The van der Waals surface area contributed by atoms with Crippen molar-refractivity contribution in [2.45, 2.75) is 53.4 Å². The molecule has 1 unspecified atom stereocenters. The zero-order chi connectivity index (χ0) is 18.8. The summed E-state index contributed by atoms with van der Waals surface area (Å²) in [5, 5.41) is 0. The molecule has 0 spiro atoms. The lowest BCUT2D eigenvalue weighted by molar-refractivity contribution is -0.137. The van der Waals surface area contributed by atoms with Gasteiger partial charge in [0.25, 0.3) is 11.8 Å². The van der Waals surface area contributed by atoms with Crippen molar-refractivity contribution in [3.8, 4) is 0 Å². The number of rotatable bonds is 5. The number of piperidine rings is 1. The van der Waals surface area contributed by atoms with E-state index in [1.165, 1.54) is 16.9 Å². The van der Waals surface area contributed by atoms with Crippen LogP contribution in [-0.4, -0.2) is 41.2 Å². The Balaban J connectivity index is 2.08. The average molecular weight is 354 g/mol. The Morgan fingerprint density at radius 3 is 2.58 bits per heavy atom. The molecule has 1 fully saturated rings. The molecular formula is C22H30N2O2. The van der Waals surface area contributed by atoms with E-state index in [9.17, 15) is 9.59 Å². The highest BCUT2D eigenvalue weighted by molar-refractivity contribution is 6.35. The van der Waals surface area contributed by atoms with Gasteiger partial charge in [0.1, 0.15) is 5.70 Å². The summed E-state index contributed by atoms with van der Waals surface area (Å²) in [6.07, 6.45) is 4.07. The molecule has 2 aliphatic rings. The predicted molar refractivity (Wildman–Crippen MR) is 104 cm³/mol. The quantitative estimate of drug-likeness (QED) is 0.753. The number of aryl methyl sites for hydroxylation is 2. The summed E-state index contributed by atoms with van der Waals surface area (Å²) in [6.45, 7) is 10.6. The van der Waals surface area contributed by atoms with Crippen LogP contribution in [0.25, 0.3) is 5.57 Å². The van der Waals surface area contributed by atoms with Gasteiger partial charge in [-0.2, -0.15) is 0 Å². The van der Waals surface area contributed by atoms with Crippen molar-refractivity contribution in [3.05, 3.63) is 40.6 Å². The van der Waals surface area contributed by atoms with Crippen molar-refractivity contribution in [1.82, 2.24) is 9.80 Å². The number of likely N-dealkylation sites (tertiary alicyclic amines) is 1. The van der Waals surface area contributed by atoms with E-state index in [0.717, 1.165) is 43.5 Å². The topological polar surface area (TPSA) is 40.6 Å². The van der Waals surface area contributed by atoms with Gasteiger partial charge in [-0.05, 0) is 50.2 Å². The van der Waals surface area contributed by atoms with E-state index in [1.807, 2.05) is 26.0 Å². The van der Waals surface area contributed by atoms with E-state index in [4.69, 9.17) is 0 Å². The van der Waals surface area contributed by atoms with Crippen LogP contribution in [0.4, 0.5) is 0 Å². The largest absolute Gasteiger partial charge is 0.366 e. The molecule has 2 aliphatic heterocycles. The van der Waals surface area contributed by atoms with Gasteiger partial charge in [0, 0.05) is 19.6 Å². The van der Waals surface area contributed by atoms with Gasteiger partial charge in [0.05, 0.1) is 5.57 Å². The Morgan fingerprint density at radius 1 is 1.15 bits per heavy atom. The molecular weight excluding hydrogens is 324 g/mol. The molecule has 4 nitrogen and oxygen atoms in total. The van der Waals surface area contributed by atoms with Crippen LogP contribution >= 0.6 is 0 Å². The summed E-state index contributed by atoms with van der Waals surface area (Å²) in [6, 6.07) is 6.12. The zero-order valence-electron chi connectivity index (χ0n) is 16.5. The number of carbonyl (C=O) groups excluding carboxylic acids is 2. The van der Waals surface area contributed by atoms with Gasteiger partial charge in [-0.3, -0.25) is 14.5 Å². The number of nitrogens with zero attached hydrogens (tertiary/aromatic N) is 2. The van der Waals surface area contributed by atoms with E-state index in [2.05, 4.69) is 24.8 Å². The van der Waals surface area contributed by atoms with Crippen molar-refractivity contribution >= 4 is 17.4 Å². The molecule has 3 rings (SSSR count). The van der Waals surface area contributed by atoms with Gasteiger partial charge in [-0.25, -0.2) is 0 Å². The van der Waals surface area contributed by atoms with E-state index in [-0.39, 0.29) is 11.8 Å². The highest BCUT2D eigenvalue weighted by atomic mass is 16.2. The predicted octanol–water partition coefficient (Wildman–Crippen LogP) is 3.92. The third-order valence-electron chi connectivity index (χ3n) is 5.50. The number of carbonyl (C=O) groups is 2. The molecule has 1 aromatic rings. The van der Waals surface area contributed by atoms with E-state index in [1.54, 1.807) is 0 Å². The minimum Gasteiger partial charge on any atom is -0.366 e. The Labute approximate surface area is 156 Å². The number of hydrogen-bond donors (Lipinski definition) is 0. The van der Waals surface area contributed by atoms with Gasteiger partial charge < -0.3 is 4.90 Å². The standard InChI is InChI=1S/C22H30N2O2/c1-5-6-12-24-21(25)19(18-10-9-15(2)13-17(18)4)20(22(24)26)23-11-7-8-16(3)14-23/h9-10,13,16H,5-8,11-12,14H2,1-4H3. The fourth-order valence-corrected chi connectivity index (χ4v) is 4.11. The number of benzene rings is 1. The first kappa shape index (κ1) is 18.7. The molecule has 26 heavy (non-hydrogen) atoms. The highest BCUT2D eigenvalue weighted by Crippen LogP contribution is 2.35. The highest BCUT2D eigenvalue weighted by Gasteiger charge is 2.42. The van der Waals surface area contributed by atoms with Gasteiger partial charge >= 0.3 is 0 Å². The molecule has 4 heteroatoms. The Morgan fingerprint density at radius 2 is 1.92 bits per heavy atom. The SMILES string of the molecule is CCCCN1C(=O)C(c2ccc(C)cc2C)=C(N2CCCC(C)C2)C1=O. The van der Waals surface area contributed by atoms with Crippen LogP contribution in [-0.2, 0) is 9.59 Å². The van der Waals surface area contributed by atoms with Gasteiger partial charge in [0.15, 0.2) is 0 Å². The molecule has 0 aliphatic carbocycles. The van der Waals surface area contributed by atoms with Crippen LogP contribution in [0.15, 0.2) is 23.9 Å². The first-order valence-corrected chi connectivity index (χ1v) is 9.87. The number of imide groups is 1. The van der Waals surface area contributed by atoms with Crippen molar-refractivity contribution in [2.75, 3.05) is 19.6 Å². The fraction of sp³-hybridized carbons (Fsp3) is 0.545. The first-order chi connectivity index (χ1) is 12.4. The van der Waals surface area contributed by atoms with Crippen molar-refractivity contribution in [3.63, 3.8) is 0 Å². The lowest BCUT2D eigenvalue weighted by Gasteiger charge is -2.33. The molecule has 0 aromatic heterocycles. The summed E-state index contributed by atoms with van der Waals surface area (Å²) in [5.41, 5.74) is 4.36. The lowest BCUT2D eigenvalue weighted by atomic mass is 9.95. The summed E-state index contributed by atoms with van der Waals surface area (Å²) >= 11 is 0. The fourth-order valence-electron chi connectivity index (χ4n) is 4.11. The molecule has 1 saturated heterocycles. The van der Waals surface area contributed by atoms with Crippen molar-refractivity contribution in [2.24, 2.45) is 5.92 Å². The maximum Gasteiger partial charge on any atom is 0.277 e. The second-order valence-corrected chi connectivity index (χ2v) is 7.85. The van der Waals surface area contributed by atoms with E-state index < -0.39 is 0 Å². The maximum absolute atomic E-state index is 13.2. The van der Waals surface area contributed by atoms with Crippen LogP contribution in [0.2, 0.25) is 0 Å². The molecule has 0 saturated carbocycles. The minimum absolute atomic E-state index is 0.104. The van der Waals surface area contributed by atoms with E-state index in [0.29, 0.717) is 23.7 Å². The second kappa shape index (κ2) is 7.65. The molecule has 2 amide bonds. The summed E-state index contributed by atoms with van der Waals surface area (Å²) in [7, 11) is 0. The third-order valence-corrected chi connectivity index (χ3v) is 5.50. The summed E-state index contributed by atoms with van der Waals surface area (Å²) in [5.74, 6) is 0.320. The van der Waals surface area contributed by atoms with E-state index >= 15 is 0 Å². The smallest absolute Gasteiger partial charge is 0.277 e. The number of unbranched alkanes of at least 4 members (excludes halogenated alkanes) is 1. The normalized spacial score (nSPS) is 21.2. The van der Waals surface area contributed by atoms with Crippen LogP contribution in [0.5, 0.6) is 0 Å². The summed E-state index contributed by atoms with van der Waals surface area (Å²) < 4.78 is 0. The lowest BCUT2D eigenvalue weighted by Crippen LogP contribution is -2.39. The molecule has 1 atom stereocenters. The van der Waals surface area contributed by atoms with Crippen molar-refractivity contribution < 1.29 is 9.59 Å². The monoisotopic (exact) mass is 354 g/mol. The maximum atomic E-state index is 13.2. The van der Waals surface area contributed by atoms with Crippen LogP contribution in [0.1, 0.15) is 56.2 Å². The Kier molecular flexibility index (Phi) is 5.49. The summed E-state index contributed by atoms with van der Waals surface area (Å²) in [4.78, 5) is 30.0. The molecule has 0 radical (unpaired) electrons. The molecule has 1 aromatic carbocycles. The first-order valence-electron chi connectivity index (χ1n) is 9.87. The van der Waals surface area contributed by atoms with Crippen LogP contribution in [0.3, 0.4) is 0 Å². The third kappa shape index (κ3) is 3.42. The number of hydrogen-bond acceptors (Lipinski definition) is 3. The second-order valence-electron chi connectivity index (χ2n) is 7.85. The molecule has 0 N–H and O–H groups in total.